The molecule has 0 radical (unpaired) electrons. The first-order chi connectivity index (χ1) is 21.0. The third-order valence-corrected chi connectivity index (χ3v) is 10.9. The summed E-state index contributed by atoms with van der Waals surface area (Å²) in [7, 11) is -3.94. The average molecular weight is 666 g/mol. The maximum Gasteiger partial charge on any atom is 0.252 e. The molecule has 1 amide bonds. The topological polar surface area (TPSA) is 107 Å². The van der Waals surface area contributed by atoms with Crippen molar-refractivity contribution in [3.63, 3.8) is 0 Å². The van der Waals surface area contributed by atoms with Gasteiger partial charge in [-0.2, -0.15) is 0 Å². The van der Waals surface area contributed by atoms with E-state index in [1.54, 1.807) is 53.4 Å². The third-order valence-electron chi connectivity index (χ3n) is 8.13. The molecular formula is C32H35Cl2FN2O6S. The van der Waals surface area contributed by atoms with Gasteiger partial charge < -0.3 is 19.8 Å². The van der Waals surface area contributed by atoms with Crippen LogP contribution in [-0.4, -0.2) is 66.1 Å². The number of aliphatic hydroxyl groups is 2. The van der Waals surface area contributed by atoms with E-state index < -0.39 is 64.0 Å². The number of hydrogen-bond donors (Lipinski definition) is 2. The number of amides is 1. The van der Waals surface area contributed by atoms with Crippen LogP contribution in [0.4, 0.5) is 10.1 Å². The highest BCUT2D eigenvalue weighted by molar-refractivity contribution is 7.93. The fraction of sp³-hybridized carbons (Fsp3) is 0.406. The summed E-state index contributed by atoms with van der Waals surface area (Å²) in [6, 6.07) is 18.2. The van der Waals surface area contributed by atoms with Gasteiger partial charge in [-0.25, -0.2) is 12.8 Å². The molecule has 12 heteroatoms. The highest BCUT2D eigenvalue weighted by atomic mass is 35.5. The van der Waals surface area contributed by atoms with Crippen molar-refractivity contribution in [2.75, 3.05) is 17.5 Å². The maximum absolute atomic E-state index is 15.2. The molecule has 3 aromatic rings. The minimum atomic E-state index is -3.94. The Labute approximate surface area is 267 Å². The van der Waals surface area contributed by atoms with Gasteiger partial charge in [0.05, 0.1) is 42.3 Å². The lowest BCUT2D eigenvalue weighted by molar-refractivity contribution is -0.183. The maximum atomic E-state index is 15.2. The molecule has 44 heavy (non-hydrogen) atoms. The minimum absolute atomic E-state index is 0.0831. The van der Waals surface area contributed by atoms with E-state index in [0.29, 0.717) is 40.4 Å². The van der Waals surface area contributed by atoms with Crippen molar-refractivity contribution >= 4 is 44.8 Å². The monoisotopic (exact) mass is 664 g/mol. The molecule has 0 spiro atoms. The second kappa shape index (κ2) is 13.7. The van der Waals surface area contributed by atoms with Crippen LogP contribution in [0.2, 0.25) is 10.0 Å². The van der Waals surface area contributed by atoms with E-state index >= 15 is 4.39 Å². The van der Waals surface area contributed by atoms with Crippen molar-refractivity contribution in [2.45, 2.75) is 68.3 Å². The minimum Gasteiger partial charge on any atom is -0.394 e. The van der Waals surface area contributed by atoms with Gasteiger partial charge in [0.1, 0.15) is 18.0 Å². The Kier molecular flexibility index (Phi) is 10.2. The Morgan fingerprint density at radius 2 is 1.73 bits per heavy atom. The van der Waals surface area contributed by atoms with Gasteiger partial charge in [0, 0.05) is 16.5 Å². The Morgan fingerprint density at radius 3 is 2.34 bits per heavy atom. The molecule has 1 aliphatic carbocycles. The smallest absolute Gasteiger partial charge is 0.252 e. The van der Waals surface area contributed by atoms with Crippen LogP contribution in [0.15, 0.2) is 72.8 Å². The fourth-order valence-corrected chi connectivity index (χ4v) is 7.95. The van der Waals surface area contributed by atoms with Crippen LogP contribution < -0.4 is 4.31 Å². The number of anilines is 1. The zero-order valence-corrected chi connectivity index (χ0v) is 26.4. The number of ether oxygens (including phenoxy) is 1. The number of aliphatic hydroxyl groups excluding tert-OH is 2. The van der Waals surface area contributed by atoms with Crippen LogP contribution in [0.1, 0.15) is 55.9 Å². The number of benzene rings is 3. The van der Waals surface area contributed by atoms with Crippen molar-refractivity contribution < 1.29 is 32.6 Å². The average Bonchev–Trinajstić information content (AvgIpc) is 3.86. The largest absolute Gasteiger partial charge is 0.394 e. The SMILES string of the molecule is CC[C@@H](CN(c1ccccc1F)S(=O)(=O)C1CC1)N1C(=O)[C@H](C[C@H](O)CO)O[C@H](c2cccc(Cl)c2)[C@H]1c1ccc(Cl)cc1. The molecule has 5 atom stereocenters. The highest BCUT2D eigenvalue weighted by Crippen LogP contribution is 2.45. The molecule has 8 nitrogen and oxygen atoms in total. The summed E-state index contributed by atoms with van der Waals surface area (Å²) in [5.41, 5.74) is 1.25. The molecule has 1 saturated heterocycles. The summed E-state index contributed by atoms with van der Waals surface area (Å²) in [6.07, 6.45) is -2.11. The first-order valence-electron chi connectivity index (χ1n) is 14.6. The molecule has 2 fully saturated rings. The van der Waals surface area contributed by atoms with Gasteiger partial charge in [0.15, 0.2) is 0 Å². The van der Waals surface area contributed by atoms with E-state index in [9.17, 15) is 23.4 Å². The predicted molar refractivity (Wildman–Crippen MR) is 168 cm³/mol. The van der Waals surface area contributed by atoms with Gasteiger partial charge in [-0.3, -0.25) is 9.10 Å². The van der Waals surface area contributed by atoms with Gasteiger partial charge in [0.2, 0.25) is 10.0 Å². The molecule has 3 aromatic carbocycles. The summed E-state index contributed by atoms with van der Waals surface area (Å²) in [5, 5.41) is 20.3. The van der Waals surface area contributed by atoms with Crippen LogP contribution in [-0.2, 0) is 19.6 Å². The lowest BCUT2D eigenvalue weighted by Gasteiger charge is -2.49. The van der Waals surface area contributed by atoms with E-state index in [2.05, 4.69) is 0 Å². The first kappa shape index (κ1) is 32.7. The molecule has 1 heterocycles. The van der Waals surface area contributed by atoms with E-state index in [-0.39, 0.29) is 18.7 Å². The first-order valence-corrected chi connectivity index (χ1v) is 16.8. The van der Waals surface area contributed by atoms with E-state index in [1.165, 1.54) is 18.2 Å². The van der Waals surface area contributed by atoms with Crippen LogP contribution >= 0.6 is 23.2 Å². The summed E-state index contributed by atoms with van der Waals surface area (Å²) in [5.74, 6) is -1.17. The highest BCUT2D eigenvalue weighted by Gasteiger charge is 2.49. The van der Waals surface area contributed by atoms with Gasteiger partial charge in [0.25, 0.3) is 5.91 Å². The predicted octanol–water partition coefficient (Wildman–Crippen LogP) is 5.66. The Hall–Kier alpha value is -2.73. The molecule has 2 aliphatic rings. The number of hydrogen-bond acceptors (Lipinski definition) is 6. The molecule has 1 aliphatic heterocycles. The fourth-order valence-electron chi connectivity index (χ4n) is 5.73. The second-order valence-electron chi connectivity index (χ2n) is 11.2. The molecule has 0 unspecified atom stereocenters. The van der Waals surface area contributed by atoms with Crippen molar-refractivity contribution in [2.24, 2.45) is 0 Å². The molecular weight excluding hydrogens is 630 g/mol. The Bertz CT molecular complexity index is 1570. The van der Waals surface area contributed by atoms with Gasteiger partial charge in [-0.15, -0.1) is 0 Å². The molecule has 236 valence electrons. The van der Waals surface area contributed by atoms with E-state index in [4.69, 9.17) is 27.9 Å². The number of para-hydroxylation sites is 1. The van der Waals surface area contributed by atoms with Gasteiger partial charge >= 0.3 is 0 Å². The van der Waals surface area contributed by atoms with Crippen LogP contribution in [0.3, 0.4) is 0 Å². The zero-order valence-electron chi connectivity index (χ0n) is 24.1. The molecule has 0 aromatic heterocycles. The number of carbonyl (C=O) groups excluding carboxylic acids is 1. The number of halogens is 3. The second-order valence-corrected chi connectivity index (χ2v) is 14.2. The number of nitrogens with zero attached hydrogens (tertiary/aromatic N) is 2. The number of sulfonamides is 1. The lowest BCUT2D eigenvalue weighted by atomic mass is 9.89. The normalized spacial score (nSPS) is 22.1. The quantitative estimate of drug-likeness (QED) is 0.259. The summed E-state index contributed by atoms with van der Waals surface area (Å²) >= 11 is 12.6. The van der Waals surface area contributed by atoms with Crippen LogP contribution in [0.25, 0.3) is 0 Å². The van der Waals surface area contributed by atoms with Crippen molar-refractivity contribution in [3.05, 3.63) is 99.8 Å². The van der Waals surface area contributed by atoms with Gasteiger partial charge in [-0.05, 0) is 66.8 Å². The molecule has 5 rings (SSSR count). The zero-order chi connectivity index (χ0) is 31.6. The summed E-state index contributed by atoms with van der Waals surface area (Å²) in [6.45, 7) is 1.05. The number of carbonyl (C=O) groups is 1. The third kappa shape index (κ3) is 6.90. The summed E-state index contributed by atoms with van der Waals surface area (Å²) in [4.78, 5) is 16.0. The molecule has 1 saturated carbocycles. The Morgan fingerprint density at radius 1 is 1.02 bits per heavy atom. The standard InChI is InChI=1S/C32H35Cl2FN2O6S/c1-2-24(18-36(44(41,42)26-14-15-26)28-9-4-3-8-27(28)35)37-30(20-10-12-22(33)13-11-20)31(21-6-5-7-23(34)16-21)43-29(32(37)40)17-25(39)19-38/h3-13,16,24-26,29-31,38-39H,2,14-15,17-19H2,1H3/t24-,25-,29-,30+,31+/m0/s1. The number of rotatable bonds is 12. The lowest BCUT2D eigenvalue weighted by Crippen LogP contribution is -2.58. The Balaban J connectivity index is 1.65. The number of morpholine rings is 1. The van der Waals surface area contributed by atoms with Crippen molar-refractivity contribution in [3.8, 4) is 0 Å². The van der Waals surface area contributed by atoms with Crippen molar-refractivity contribution in [1.29, 1.82) is 0 Å². The van der Waals surface area contributed by atoms with E-state index in [1.807, 2.05) is 13.0 Å². The van der Waals surface area contributed by atoms with Crippen molar-refractivity contribution in [1.82, 2.24) is 4.90 Å². The van der Waals surface area contributed by atoms with Crippen LogP contribution in [0.5, 0.6) is 0 Å². The van der Waals surface area contributed by atoms with Gasteiger partial charge in [-0.1, -0.05) is 66.5 Å². The molecule has 2 N–H and O–H groups in total. The van der Waals surface area contributed by atoms with E-state index in [0.717, 1.165) is 4.31 Å². The molecule has 0 bridgehead atoms. The van der Waals surface area contributed by atoms with Crippen LogP contribution in [0, 0.1) is 5.82 Å². The summed E-state index contributed by atoms with van der Waals surface area (Å²) < 4.78 is 50.2.